The molecule has 1 aliphatic heterocycles. The van der Waals surface area contributed by atoms with Gasteiger partial charge in [-0.15, -0.1) is 0 Å². The summed E-state index contributed by atoms with van der Waals surface area (Å²) in [4.78, 5) is 29.7. The number of nitrogens with zero attached hydrogens (tertiary/aromatic N) is 2. The topological polar surface area (TPSA) is 70.5 Å². The molecule has 112 valence electrons. The fourth-order valence-electron chi connectivity index (χ4n) is 2.96. The molecule has 0 spiro atoms. The van der Waals surface area contributed by atoms with Crippen LogP contribution in [0.2, 0.25) is 0 Å². The predicted molar refractivity (Wildman–Crippen MR) is 86.0 cm³/mol. The van der Waals surface area contributed by atoms with Gasteiger partial charge in [0, 0.05) is 5.39 Å². The zero-order valence-electron chi connectivity index (χ0n) is 12.1. The van der Waals surface area contributed by atoms with Gasteiger partial charge in [-0.2, -0.15) is 0 Å². The average Bonchev–Trinajstić information content (AvgIpc) is 2.89. The molecule has 23 heavy (non-hydrogen) atoms. The standard InChI is InChI=1S/C18H12N2O3/c21-17-10-11-4-1-2-7-15(11)20(17)16-9-8-12-13(18(22)23)5-3-6-14(12)19-16/h1-9H,10H2,(H,22,23). The third-order valence-corrected chi connectivity index (χ3v) is 4.00. The van der Waals surface area contributed by atoms with Gasteiger partial charge in [0.2, 0.25) is 5.91 Å². The van der Waals surface area contributed by atoms with Gasteiger partial charge in [-0.3, -0.25) is 9.69 Å². The minimum absolute atomic E-state index is 0.0348. The molecule has 0 unspecified atom stereocenters. The van der Waals surface area contributed by atoms with Crippen LogP contribution in [-0.2, 0) is 11.2 Å². The van der Waals surface area contributed by atoms with Gasteiger partial charge >= 0.3 is 5.97 Å². The Morgan fingerprint density at radius 1 is 1.04 bits per heavy atom. The van der Waals surface area contributed by atoms with Crippen LogP contribution < -0.4 is 4.90 Å². The van der Waals surface area contributed by atoms with Crippen molar-refractivity contribution in [1.29, 1.82) is 0 Å². The Kier molecular flexibility index (Phi) is 2.87. The molecule has 1 N–H and O–H groups in total. The zero-order chi connectivity index (χ0) is 16.0. The summed E-state index contributed by atoms with van der Waals surface area (Å²) in [6.45, 7) is 0. The highest BCUT2D eigenvalue weighted by Gasteiger charge is 2.29. The molecule has 0 bridgehead atoms. The first-order chi connectivity index (χ1) is 11.1. The number of pyridine rings is 1. The lowest BCUT2D eigenvalue weighted by atomic mass is 10.1. The summed E-state index contributed by atoms with van der Waals surface area (Å²) >= 11 is 0. The van der Waals surface area contributed by atoms with Crippen molar-refractivity contribution in [3.8, 4) is 0 Å². The van der Waals surface area contributed by atoms with Gasteiger partial charge in [0.1, 0.15) is 5.82 Å². The molecular weight excluding hydrogens is 292 g/mol. The first-order valence-corrected chi connectivity index (χ1v) is 7.19. The summed E-state index contributed by atoms with van der Waals surface area (Å²) in [5.41, 5.74) is 2.56. The Balaban J connectivity index is 1.88. The van der Waals surface area contributed by atoms with Gasteiger partial charge in [-0.25, -0.2) is 9.78 Å². The highest BCUT2D eigenvalue weighted by Crippen LogP contribution is 2.35. The maximum Gasteiger partial charge on any atom is 0.336 e. The van der Waals surface area contributed by atoms with E-state index < -0.39 is 5.97 Å². The van der Waals surface area contributed by atoms with E-state index in [0.717, 1.165) is 11.3 Å². The summed E-state index contributed by atoms with van der Waals surface area (Å²) in [5.74, 6) is -0.518. The Bertz CT molecular complexity index is 965. The smallest absolute Gasteiger partial charge is 0.336 e. The maximum absolute atomic E-state index is 12.3. The molecule has 5 nitrogen and oxygen atoms in total. The summed E-state index contributed by atoms with van der Waals surface area (Å²) < 4.78 is 0. The van der Waals surface area contributed by atoms with Gasteiger partial charge < -0.3 is 5.11 Å². The van der Waals surface area contributed by atoms with Crippen molar-refractivity contribution in [1.82, 2.24) is 4.98 Å². The summed E-state index contributed by atoms with van der Waals surface area (Å²) in [5, 5.41) is 9.80. The van der Waals surface area contributed by atoms with Crippen molar-refractivity contribution in [2.75, 3.05) is 4.90 Å². The van der Waals surface area contributed by atoms with Crippen LogP contribution in [0.3, 0.4) is 0 Å². The van der Waals surface area contributed by atoms with Gasteiger partial charge in [0.15, 0.2) is 0 Å². The molecule has 0 saturated carbocycles. The quantitative estimate of drug-likeness (QED) is 0.789. The largest absolute Gasteiger partial charge is 0.478 e. The second-order valence-corrected chi connectivity index (χ2v) is 5.38. The first-order valence-electron chi connectivity index (χ1n) is 7.19. The van der Waals surface area contributed by atoms with Crippen molar-refractivity contribution in [3.05, 3.63) is 65.7 Å². The summed E-state index contributed by atoms with van der Waals surface area (Å²) in [6, 6.07) is 15.9. The zero-order valence-corrected chi connectivity index (χ0v) is 12.1. The molecule has 1 amide bonds. The number of amides is 1. The molecule has 0 atom stereocenters. The number of benzene rings is 2. The van der Waals surface area contributed by atoms with Crippen molar-refractivity contribution in [2.24, 2.45) is 0 Å². The van der Waals surface area contributed by atoms with Crippen LogP contribution in [0.1, 0.15) is 15.9 Å². The van der Waals surface area contributed by atoms with Crippen molar-refractivity contribution in [2.45, 2.75) is 6.42 Å². The predicted octanol–water partition coefficient (Wildman–Crippen LogP) is 3.15. The molecule has 0 saturated heterocycles. The molecule has 3 aromatic rings. The van der Waals surface area contributed by atoms with Crippen LogP contribution in [0.5, 0.6) is 0 Å². The lowest BCUT2D eigenvalue weighted by molar-refractivity contribution is -0.116. The second kappa shape index (κ2) is 4.91. The van der Waals surface area contributed by atoms with E-state index >= 15 is 0 Å². The number of carboxylic acids is 1. The van der Waals surface area contributed by atoms with Crippen LogP contribution in [0, 0.1) is 0 Å². The van der Waals surface area contributed by atoms with E-state index in [1.807, 2.05) is 24.3 Å². The van der Waals surface area contributed by atoms with Crippen LogP contribution in [-0.4, -0.2) is 22.0 Å². The minimum atomic E-state index is -0.993. The molecule has 2 aromatic carbocycles. The van der Waals surface area contributed by atoms with Crippen LogP contribution in [0.4, 0.5) is 11.5 Å². The van der Waals surface area contributed by atoms with Crippen LogP contribution in [0.25, 0.3) is 10.9 Å². The highest BCUT2D eigenvalue weighted by atomic mass is 16.4. The third kappa shape index (κ3) is 2.05. The van der Waals surface area contributed by atoms with Crippen molar-refractivity contribution >= 4 is 34.3 Å². The van der Waals surface area contributed by atoms with Crippen molar-refractivity contribution < 1.29 is 14.7 Å². The number of rotatable bonds is 2. The summed E-state index contributed by atoms with van der Waals surface area (Å²) in [6.07, 6.45) is 0.352. The molecule has 1 aliphatic rings. The van der Waals surface area contributed by atoms with E-state index in [2.05, 4.69) is 4.98 Å². The molecular formula is C18H12N2O3. The van der Waals surface area contributed by atoms with Gasteiger partial charge in [0.25, 0.3) is 0 Å². The lowest BCUT2D eigenvalue weighted by Crippen LogP contribution is -2.21. The highest BCUT2D eigenvalue weighted by molar-refractivity contribution is 6.08. The van der Waals surface area contributed by atoms with E-state index in [-0.39, 0.29) is 11.5 Å². The number of anilines is 2. The van der Waals surface area contributed by atoms with E-state index in [9.17, 15) is 14.7 Å². The monoisotopic (exact) mass is 304 g/mol. The molecule has 0 fully saturated rings. The SMILES string of the molecule is O=C(O)c1cccc2nc(N3C(=O)Cc4ccccc43)ccc12. The van der Waals surface area contributed by atoms with Gasteiger partial charge in [-0.1, -0.05) is 24.3 Å². The van der Waals surface area contributed by atoms with E-state index in [1.165, 1.54) is 0 Å². The number of aromatic nitrogens is 1. The van der Waals surface area contributed by atoms with Crippen LogP contribution >= 0.6 is 0 Å². The van der Waals surface area contributed by atoms with Gasteiger partial charge in [-0.05, 0) is 35.9 Å². The first kappa shape index (κ1) is 13.5. The number of carboxylic acid groups (broad SMARTS) is 1. The fraction of sp³-hybridized carbons (Fsp3) is 0.0556. The molecule has 4 rings (SSSR count). The molecule has 1 aromatic heterocycles. The van der Waals surface area contributed by atoms with E-state index in [0.29, 0.717) is 23.1 Å². The number of carbonyl (C=O) groups is 2. The number of hydrogen-bond acceptors (Lipinski definition) is 3. The Morgan fingerprint density at radius 3 is 2.70 bits per heavy atom. The molecule has 2 heterocycles. The summed E-state index contributed by atoms with van der Waals surface area (Å²) in [7, 11) is 0. The fourth-order valence-corrected chi connectivity index (χ4v) is 2.96. The Hall–Kier alpha value is -3.21. The van der Waals surface area contributed by atoms with Crippen molar-refractivity contribution in [3.63, 3.8) is 0 Å². The third-order valence-electron chi connectivity index (χ3n) is 4.00. The lowest BCUT2D eigenvalue weighted by Gasteiger charge is -2.17. The Morgan fingerprint density at radius 2 is 1.87 bits per heavy atom. The number of aromatic carboxylic acids is 1. The molecule has 5 heteroatoms. The maximum atomic E-state index is 12.3. The number of hydrogen-bond donors (Lipinski definition) is 1. The van der Waals surface area contributed by atoms with E-state index in [4.69, 9.17) is 0 Å². The molecule has 0 aliphatic carbocycles. The van der Waals surface area contributed by atoms with Gasteiger partial charge in [0.05, 0.1) is 23.2 Å². The number of para-hydroxylation sites is 1. The van der Waals surface area contributed by atoms with E-state index in [1.54, 1.807) is 35.2 Å². The number of carbonyl (C=O) groups excluding carboxylic acids is 1. The normalized spacial score (nSPS) is 13.4. The second-order valence-electron chi connectivity index (χ2n) is 5.38. The minimum Gasteiger partial charge on any atom is -0.478 e. The average molecular weight is 304 g/mol. The Labute approximate surface area is 131 Å². The molecule has 0 radical (unpaired) electrons. The number of fused-ring (bicyclic) bond motifs is 2. The van der Waals surface area contributed by atoms with Crippen LogP contribution in [0.15, 0.2) is 54.6 Å².